The van der Waals surface area contributed by atoms with Crippen molar-refractivity contribution >= 4 is 11.8 Å². The van der Waals surface area contributed by atoms with E-state index in [1.807, 2.05) is 0 Å². The Morgan fingerprint density at radius 3 is 2.07 bits per heavy atom. The molecule has 0 radical (unpaired) electrons. The van der Waals surface area contributed by atoms with Crippen LogP contribution < -0.4 is 5.32 Å². The fraction of sp³-hybridized carbons (Fsp3) is 0.125. The molecule has 0 fully saturated rings. The summed E-state index contributed by atoms with van der Waals surface area (Å²) in [7, 11) is 0.931. The third kappa shape index (κ3) is 2.17. The molecule has 0 heterocycles. The van der Waals surface area contributed by atoms with Gasteiger partial charge in [0.15, 0.2) is 23.3 Å². The minimum atomic E-state index is -1.70. The van der Waals surface area contributed by atoms with Crippen LogP contribution in [0, 0.1) is 23.3 Å². The first-order valence-electron chi connectivity index (χ1n) is 3.65. The standard InChI is InChI=1S/C8H5F4NO2/c1-15-8(14)13-7-5(11)3(9)2-4(10)6(7)12/h2H,1H3,(H,13,14). The molecule has 0 bridgehead atoms. The molecule has 1 aromatic rings. The maximum absolute atomic E-state index is 12.9. The van der Waals surface area contributed by atoms with Gasteiger partial charge in [-0.3, -0.25) is 5.32 Å². The van der Waals surface area contributed by atoms with E-state index in [-0.39, 0.29) is 6.07 Å². The highest BCUT2D eigenvalue weighted by molar-refractivity contribution is 5.84. The van der Waals surface area contributed by atoms with E-state index >= 15 is 0 Å². The largest absolute Gasteiger partial charge is 0.453 e. The first-order valence-corrected chi connectivity index (χ1v) is 3.65. The first kappa shape index (κ1) is 11.3. The molecular weight excluding hydrogens is 218 g/mol. The van der Waals surface area contributed by atoms with Gasteiger partial charge in [-0.1, -0.05) is 0 Å². The molecule has 0 aromatic heterocycles. The van der Waals surface area contributed by atoms with Crippen LogP contribution in [0.1, 0.15) is 0 Å². The highest BCUT2D eigenvalue weighted by atomic mass is 19.2. The molecule has 1 aromatic carbocycles. The van der Waals surface area contributed by atoms with Crippen LogP contribution in [-0.2, 0) is 4.74 Å². The van der Waals surface area contributed by atoms with Gasteiger partial charge in [-0.2, -0.15) is 0 Å². The van der Waals surface area contributed by atoms with Crippen molar-refractivity contribution in [2.75, 3.05) is 12.4 Å². The number of hydrogen-bond acceptors (Lipinski definition) is 2. The molecule has 0 aliphatic heterocycles. The number of amides is 1. The summed E-state index contributed by atoms with van der Waals surface area (Å²) in [5.74, 6) is -6.61. The zero-order valence-electron chi connectivity index (χ0n) is 7.41. The van der Waals surface area contributed by atoms with Crippen LogP contribution in [-0.4, -0.2) is 13.2 Å². The number of anilines is 1. The van der Waals surface area contributed by atoms with E-state index in [1.165, 1.54) is 5.32 Å². The molecule has 1 rings (SSSR count). The van der Waals surface area contributed by atoms with Gasteiger partial charge in [0.1, 0.15) is 5.69 Å². The van der Waals surface area contributed by atoms with E-state index in [0.717, 1.165) is 7.11 Å². The molecule has 7 heteroatoms. The number of methoxy groups -OCH3 is 1. The molecule has 0 spiro atoms. The molecule has 0 saturated carbocycles. The van der Waals surface area contributed by atoms with Crippen LogP contribution in [0.2, 0.25) is 0 Å². The number of halogens is 4. The minimum absolute atomic E-state index is 0.0348. The van der Waals surface area contributed by atoms with Crippen molar-refractivity contribution in [1.29, 1.82) is 0 Å². The molecule has 15 heavy (non-hydrogen) atoms. The number of carbonyl (C=O) groups is 1. The number of carbonyl (C=O) groups excluding carboxylic acids is 1. The Morgan fingerprint density at radius 1 is 1.20 bits per heavy atom. The Bertz CT molecular complexity index is 382. The molecule has 3 nitrogen and oxygen atoms in total. The molecule has 0 aliphatic carbocycles. The van der Waals surface area contributed by atoms with Crippen LogP contribution in [0.25, 0.3) is 0 Å². The van der Waals surface area contributed by atoms with E-state index in [4.69, 9.17) is 0 Å². The van der Waals surface area contributed by atoms with Gasteiger partial charge in [-0.25, -0.2) is 22.4 Å². The SMILES string of the molecule is COC(=O)Nc1c(F)c(F)cc(F)c1F. The van der Waals surface area contributed by atoms with Crippen molar-refractivity contribution in [2.45, 2.75) is 0 Å². The fourth-order valence-electron chi connectivity index (χ4n) is 0.836. The molecule has 82 valence electrons. The third-order valence-electron chi connectivity index (χ3n) is 1.52. The summed E-state index contributed by atoms with van der Waals surface area (Å²) in [6, 6.07) is 0.0348. The fourth-order valence-corrected chi connectivity index (χ4v) is 0.836. The average Bonchev–Trinajstić information content (AvgIpc) is 2.21. The predicted molar refractivity (Wildman–Crippen MR) is 42.3 cm³/mol. The van der Waals surface area contributed by atoms with Gasteiger partial charge in [-0.15, -0.1) is 0 Å². The van der Waals surface area contributed by atoms with Gasteiger partial charge < -0.3 is 4.74 Å². The van der Waals surface area contributed by atoms with Crippen LogP contribution >= 0.6 is 0 Å². The molecule has 1 amide bonds. The van der Waals surface area contributed by atoms with Crippen molar-refractivity contribution in [2.24, 2.45) is 0 Å². The van der Waals surface area contributed by atoms with Gasteiger partial charge in [0.2, 0.25) is 0 Å². The molecule has 1 N–H and O–H groups in total. The lowest BCUT2D eigenvalue weighted by molar-refractivity contribution is 0.186. The normalized spacial score (nSPS) is 9.93. The van der Waals surface area contributed by atoms with Crippen molar-refractivity contribution < 1.29 is 27.1 Å². The Hall–Kier alpha value is -1.79. The molecule has 0 aliphatic rings. The maximum Gasteiger partial charge on any atom is 0.411 e. The summed E-state index contributed by atoms with van der Waals surface area (Å²) in [5, 5.41) is 1.52. The number of benzene rings is 1. The highest BCUT2D eigenvalue weighted by Crippen LogP contribution is 2.23. The van der Waals surface area contributed by atoms with Crippen molar-refractivity contribution in [3.8, 4) is 0 Å². The monoisotopic (exact) mass is 223 g/mol. The van der Waals surface area contributed by atoms with Gasteiger partial charge in [0, 0.05) is 6.07 Å². The average molecular weight is 223 g/mol. The second-order valence-corrected chi connectivity index (χ2v) is 2.46. The van der Waals surface area contributed by atoms with Gasteiger partial charge >= 0.3 is 6.09 Å². The topological polar surface area (TPSA) is 38.3 Å². The van der Waals surface area contributed by atoms with E-state index in [2.05, 4.69) is 4.74 Å². The summed E-state index contributed by atoms with van der Waals surface area (Å²) in [6.07, 6.45) is -1.24. The third-order valence-corrected chi connectivity index (χ3v) is 1.52. The Balaban J connectivity index is 3.21. The highest BCUT2D eigenvalue weighted by Gasteiger charge is 2.20. The quantitative estimate of drug-likeness (QED) is 0.586. The number of ether oxygens (including phenoxy) is 1. The minimum Gasteiger partial charge on any atom is -0.453 e. The van der Waals surface area contributed by atoms with Gasteiger partial charge in [0.05, 0.1) is 7.11 Å². The van der Waals surface area contributed by atoms with E-state index in [0.29, 0.717) is 0 Å². The van der Waals surface area contributed by atoms with Gasteiger partial charge in [-0.05, 0) is 0 Å². The summed E-state index contributed by atoms with van der Waals surface area (Å²) in [4.78, 5) is 10.6. The van der Waals surface area contributed by atoms with Crippen LogP contribution in [0.15, 0.2) is 6.07 Å². The Morgan fingerprint density at radius 2 is 1.67 bits per heavy atom. The van der Waals surface area contributed by atoms with Crippen molar-refractivity contribution in [1.82, 2.24) is 0 Å². The smallest absolute Gasteiger partial charge is 0.411 e. The Labute approximate surface area is 81.6 Å². The summed E-state index contributed by atoms with van der Waals surface area (Å²) in [6.45, 7) is 0. The van der Waals surface area contributed by atoms with Gasteiger partial charge in [0.25, 0.3) is 0 Å². The lowest BCUT2D eigenvalue weighted by Crippen LogP contribution is -2.15. The van der Waals surface area contributed by atoms with Crippen LogP contribution in [0.4, 0.5) is 28.0 Å². The zero-order valence-corrected chi connectivity index (χ0v) is 7.41. The molecule has 0 saturated heterocycles. The van der Waals surface area contributed by atoms with E-state index in [1.54, 1.807) is 0 Å². The van der Waals surface area contributed by atoms with Crippen LogP contribution in [0.5, 0.6) is 0 Å². The van der Waals surface area contributed by atoms with Crippen molar-refractivity contribution in [3.63, 3.8) is 0 Å². The Kier molecular flexibility index (Phi) is 3.13. The first-order chi connectivity index (χ1) is 6.97. The number of rotatable bonds is 1. The lowest BCUT2D eigenvalue weighted by Gasteiger charge is -2.07. The second kappa shape index (κ2) is 4.16. The molecule has 0 unspecified atom stereocenters. The van der Waals surface area contributed by atoms with Crippen molar-refractivity contribution in [3.05, 3.63) is 29.3 Å². The number of nitrogens with one attached hydrogen (secondary N) is 1. The van der Waals surface area contributed by atoms with E-state index in [9.17, 15) is 22.4 Å². The summed E-state index contributed by atoms with van der Waals surface area (Å²) < 4.78 is 55.0. The maximum atomic E-state index is 12.9. The summed E-state index contributed by atoms with van der Waals surface area (Å²) in [5.41, 5.74) is -1.22. The van der Waals surface area contributed by atoms with E-state index < -0.39 is 35.0 Å². The lowest BCUT2D eigenvalue weighted by atomic mass is 10.2. The predicted octanol–water partition coefficient (Wildman–Crippen LogP) is 2.42. The molecular formula is C8H5F4NO2. The molecule has 0 atom stereocenters. The van der Waals surface area contributed by atoms with Crippen LogP contribution in [0.3, 0.4) is 0 Å². The summed E-state index contributed by atoms with van der Waals surface area (Å²) >= 11 is 0. The number of hydrogen-bond donors (Lipinski definition) is 1. The zero-order chi connectivity index (χ0) is 11.6. The second-order valence-electron chi connectivity index (χ2n) is 2.46.